The first kappa shape index (κ1) is 20.7. The average Bonchev–Trinajstić information content (AvgIpc) is 3.17. The van der Waals surface area contributed by atoms with Crippen molar-refractivity contribution in [3.05, 3.63) is 35.3 Å². The number of carbonyl (C=O) groups excluding carboxylic acids is 1. The summed E-state index contributed by atoms with van der Waals surface area (Å²) >= 11 is 1.10. The van der Waals surface area contributed by atoms with Crippen LogP contribution >= 0.6 is 11.3 Å². The fourth-order valence-electron chi connectivity index (χ4n) is 2.70. The third kappa shape index (κ3) is 4.17. The van der Waals surface area contributed by atoms with Gasteiger partial charge in [-0.15, -0.1) is 0 Å². The lowest BCUT2D eigenvalue weighted by Crippen LogP contribution is -2.48. The lowest BCUT2D eigenvalue weighted by Gasteiger charge is -2.33. The molecular weight excluding hydrogens is 428 g/mol. The van der Waals surface area contributed by atoms with E-state index in [-0.39, 0.29) is 27.8 Å². The smallest absolute Gasteiger partial charge is 0.286 e. The number of anilines is 1. The van der Waals surface area contributed by atoms with E-state index in [2.05, 4.69) is 4.98 Å². The van der Waals surface area contributed by atoms with Crippen LogP contribution < -0.4 is 10.4 Å². The van der Waals surface area contributed by atoms with Crippen molar-refractivity contribution in [1.82, 2.24) is 14.8 Å². The van der Waals surface area contributed by atoms with Gasteiger partial charge in [-0.25, -0.2) is 27.3 Å². The summed E-state index contributed by atoms with van der Waals surface area (Å²) in [5.41, 5.74) is 1.54. The van der Waals surface area contributed by atoms with Crippen molar-refractivity contribution in [2.24, 2.45) is 0 Å². The van der Waals surface area contributed by atoms with Gasteiger partial charge < -0.3 is 4.90 Å². The van der Waals surface area contributed by atoms with Crippen LogP contribution in [0, 0.1) is 0 Å². The van der Waals surface area contributed by atoms with Crippen molar-refractivity contribution < 1.29 is 26.8 Å². The molecule has 1 amide bonds. The van der Waals surface area contributed by atoms with E-state index < -0.39 is 25.8 Å². The number of piperazine rings is 1. The predicted octanol–water partition coefficient (Wildman–Crippen LogP) is 0.177. The van der Waals surface area contributed by atoms with Crippen molar-refractivity contribution in [2.75, 3.05) is 37.3 Å². The van der Waals surface area contributed by atoms with Gasteiger partial charge in [-0.05, 0) is 24.3 Å². The summed E-state index contributed by atoms with van der Waals surface area (Å²) in [7, 11) is -7.14. The van der Waals surface area contributed by atoms with Crippen LogP contribution in [0.25, 0.3) is 0 Å². The molecule has 1 saturated heterocycles. The first-order valence-corrected chi connectivity index (χ1v) is 12.2. The number of hydroxylamine groups is 1. The molecule has 3 rings (SSSR count). The van der Waals surface area contributed by atoms with E-state index in [9.17, 15) is 21.6 Å². The first-order chi connectivity index (χ1) is 13.1. The molecule has 2 aromatic rings. The second-order valence-electron chi connectivity index (χ2n) is 6.08. The fraction of sp³-hybridized carbons (Fsp3) is 0.333. The molecule has 1 aliphatic rings. The standard InChI is InChI=1S/C15H18N4O6S3/c1-27(22,23)11-2-4-12(5-3-11)28(24,25)19-8-6-18(7-9-19)15-16-10-13(26-15)14(20)17-21/h2-5,10,21H,6-9H2,1H3,(H,17,20). The number of sulfone groups is 1. The van der Waals surface area contributed by atoms with Crippen LogP contribution in [-0.2, 0) is 19.9 Å². The van der Waals surface area contributed by atoms with E-state index >= 15 is 0 Å². The zero-order valence-electron chi connectivity index (χ0n) is 14.8. The van der Waals surface area contributed by atoms with Crippen molar-refractivity contribution in [3.63, 3.8) is 0 Å². The predicted molar refractivity (Wildman–Crippen MR) is 102 cm³/mol. The van der Waals surface area contributed by atoms with Crippen molar-refractivity contribution in [1.29, 1.82) is 0 Å². The summed E-state index contributed by atoms with van der Waals surface area (Å²) in [6.45, 7) is 1.21. The molecule has 0 saturated carbocycles. The minimum Gasteiger partial charge on any atom is -0.345 e. The molecule has 28 heavy (non-hydrogen) atoms. The van der Waals surface area contributed by atoms with Gasteiger partial charge in [0.15, 0.2) is 15.0 Å². The average molecular weight is 447 g/mol. The van der Waals surface area contributed by atoms with Crippen LogP contribution in [-0.4, -0.2) is 69.7 Å². The number of carbonyl (C=O) groups is 1. The highest BCUT2D eigenvalue weighted by Gasteiger charge is 2.29. The van der Waals surface area contributed by atoms with Gasteiger partial charge in [0.05, 0.1) is 16.0 Å². The molecule has 1 aliphatic heterocycles. The molecule has 0 bridgehead atoms. The van der Waals surface area contributed by atoms with Crippen LogP contribution in [0.15, 0.2) is 40.3 Å². The fourth-order valence-corrected chi connectivity index (χ4v) is 5.61. The molecule has 0 unspecified atom stereocenters. The van der Waals surface area contributed by atoms with E-state index in [0.717, 1.165) is 17.6 Å². The van der Waals surface area contributed by atoms with Crippen LogP contribution in [0.1, 0.15) is 9.67 Å². The van der Waals surface area contributed by atoms with Gasteiger partial charge in [-0.1, -0.05) is 11.3 Å². The maximum Gasteiger partial charge on any atom is 0.286 e. The maximum atomic E-state index is 12.8. The summed E-state index contributed by atoms with van der Waals surface area (Å²) in [6, 6.07) is 5.14. The largest absolute Gasteiger partial charge is 0.345 e. The Balaban J connectivity index is 1.70. The molecule has 0 radical (unpaired) electrons. The van der Waals surface area contributed by atoms with Crippen LogP contribution in [0.3, 0.4) is 0 Å². The maximum absolute atomic E-state index is 12.8. The Hall–Kier alpha value is -2.06. The molecule has 1 aromatic heterocycles. The van der Waals surface area contributed by atoms with E-state index in [4.69, 9.17) is 5.21 Å². The highest BCUT2D eigenvalue weighted by molar-refractivity contribution is 7.90. The molecule has 0 aliphatic carbocycles. The van der Waals surface area contributed by atoms with Gasteiger partial charge in [0.2, 0.25) is 10.0 Å². The summed E-state index contributed by atoms with van der Waals surface area (Å²) in [6.07, 6.45) is 2.40. The number of hydrogen-bond acceptors (Lipinski definition) is 9. The van der Waals surface area contributed by atoms with Gasteiger partial charge >= 0.3 is 0 Å². The van der Waals surface area contributed by atoms with E-state index in [1.165, 1.54) is 34.8 Å². The minimum atomic E-state index is -3.74. The first-order valence-electron chi connectivity index (χ1n) is 8.08. The monoisotopic (exact) mass is 446 g/mol. The Morgan fingerprint density at radius 1 is 1.07 bits per heavy atom. The Bertz CT molecular complexity index is 1070. The Morgan fingerprint density at radius 2 is 1.64 bits per heavy atom. The summed E-state index contributed by atoms with van der Waals surface area (Å²) in [5, 5.41) is 9.22. The van der Waals surface area contributed by atoms with Gasteiger partial charge in [0.25, 0.3) is 5.91 Å². The topological polar surface area (TPSA) is 137 Å². The number of amides is 1. The lowest BCUT2D eigenvalue weighted by molar-refractivity contribution is 0.0710. The summed E-state index contributed by atoms with van der Waals surface area (Å²) < 4.78 is 49.9. The van der Waals surface area contributed by atoms with E-state index in [1.807, 2.05) is 4.90 Å². The number of sulfonamides is 1. The van der Waals surface area contributed by atoms with Gasteiger partial charge in [-0.2, -0.15) is 4.31 Å². The normalized spacial score (nSPS) is 16.1. The molecule has 2 heterocycles. The molecule has 0 atom stereocenters. The Kier molecular flexibility index (Phi) is 5.72. The number of aromatic nitrogens is 1. The number of hydrogen-bond donors (Lipinski definition) is 2. The number of rotatable bonds is 5. The molecule has 13 heteroatoms. The van der Waals surface area contributed by atoms with Gasteiger partial charge in [0, 0.05) is 32.4 Å². The minimum absolute atomic E-state index is 0.0319. The third-order valence-corrected chi connectivity index (χ3v) is 8.32. The third-order valence-electron chi connectivity index (χ3n) is 4.22. The van der Waals surface area contributed by atoms with Crippen LogP contribution in [0.5, 0.6) is 0 Å². The molecule has 10 nitrogen and oxygen atoms in total. The summed E-state index contributed by atoms with van der Waals surface area (Å²) in [5.74, 6) is -0.650. The number of nitrogens with zero attached hydrogens (tertiary/aromatic N) is 3. The van der Waals surface area contributed by atoms with Crippen molar-refractivity contribution >= 4 is 42.2 Å². The molecule has 0 spiro atoms. The molecular formula is C15H18N4O6S3. The summed E-state index contributed by atoms with van der Waals surface area (Å²) in [4.78, 5) is 17.7. The van der Waals surface area contributed by atoms with Crippen LogP contribution in [0.2, 0.25) is 0 Å². The van der Waals surface area contributed by atoms with Gasteiger partial charge in [-0.3, -0.25) is 10.0 Å². The highest BCUT2D eigenvalue weighted by atomic mass is 32.2. The zero-order valence-corrected chi connectivity index (χ0v) is 17.2. The number of benzene rings is 1. The lowest BCUT2D eigenvalue weighted by atomic mass is 10.4. The molecule has 152 valence electrons. The number of thiazole rings is 1. The van der Waals surface area contributed by atoms with E-state index in [1.54, 1.807) is 5.48 Å². The molecule has 1 fully saturated rings. The Labute approximate surface area is 166 Å². The van der Waals surface area contributed by atoms with Crippen molar-refractivity contribution in [3.8, 4) is 0 Å². The molecule has 1 aromatic carbocycles. The van der Waals surface area contributed by atoms with E-state index in [0.29, 0.717) is 18.2 Å². The zero-order chi connectivity index (χ0) is 20.5. The second-order valence-corrected chi connectivity index (χ2v) is 11.0. The quantitative estimate of drug-likeness (QED) is 0.490. The number of nitrogens with one attached hydrogen (secondary N) is 1. The van der Waals surface area contributed by atoms with Crippen molar-refractivity contribution in [2.45, 2.75) is 9.79 Å². The molecule has 2 N–H and O–H groups in total. The van der Waals surface area contributed by atoms with Crippen LogP contribution in [0.4, 0.5) is 5.13 Å². The van der Waals surface area contributed by atoms with Gasteiger partial charge in [0.1, 0.15) is 4.88 Å². The highest BCUT2D eigenvalue weighted by Crippen LogP contribution is 2.25. The SMILES string of the molecule is CS(=O)(=O)c1ccc(S(=O)(=O)N2CCN(c3ncc(C(=O)NO)s3)CC2)cc1. The Morgan fingerprint density at radius 3 is 2.18 bits per heavy atom. The second kappa shape index (κ2) is 7.75.